The molecule has 19 heavy (non-hydrogen) atoms. The summed E-state index contributed by atoms with van der Waals surface area (Å²) in [5.41, 5.74) is -1.61. The number of carbonyl (C=O) groups is 1. The van der Waals surface area contributed by atoms with Gasteiger partial charge < -0.3 is 15.5 Å². The highest BCUT2D eigenvalue weighted by molar-refractivity contribution is 9.10. The van der Waals surface area contributed by atoms with Crippen molar-refractivity contribution in [2.75, 3.05) is 13.2 Å². The van der Waals surface area contributed by atoms with Gasteiger partial charge in [-0.15, -0.1) is 0 Å². The van der Waals surface area contributed by atoms with E-state index in [1.165, 1.54) is 6.07 Å². The van der Waals surface area contributed by atoms with Crippen molar-refractivity contribution in [1.82, 2.24) is 5.32 Å². The molecule has 1 aromatic rings. The normalized spacial score (nSPS) is 13.2. The summed E-state index contributed by atoms with van der Waals surface area (Å²) in [4.78, 5) is 11.6. The fourth-order valence-corrected chi connectivity index (χ4v) is 1.68. The molecule has 0 aliphatic rings. The van der Waals surface area contributed by atoms with Crippen molar-refractivity contribution in [2.45, 2.75) is 12.3 Å². The first kappa shape index (κ1) is 15.9. The lowest BCUT2D eigenvalue weighted by atomic mass is 10.1. The Morgan fingerprint density at radius 2 is 2.05 bits per heavy atom. The molecule has 1 rings (SSSR count). The maximum absolute atomic E-state index is 12.8. The van der Waals surface area contributed by atoms with Crippen LogP contribution in [0.15, 0.2) is 22.7 Å². The molecule has 0 radical (unpaired) electrons. The van der Waals surface area contributed by atoms with Gasteiger partial charge in [0.15, 0.2) is 0 Å². The van der Waals surface area contributed by atoms with Crippen LogP contribution in [-0.4, -0.2) is 35.4 Å². The van der Waals surface area contributed by atoms with Gasteiger partial charge in [0.05, 0.1) is 23.8 Å². The topological polar surface area (TPSA) is 69.6 Å². The minimum Gasteiger partial charge on any atom is -0.394 e. The minimum absolute atomic E-state index is 0.201. The number of rotatable bonds is 4. The van der Waals surface area contributed by atoms with Crippen LogP contribution < -0.4 is 5.32 Å². The molecule has 0 spiro atoms. The lowest BCUT2D eigenvalue weighted by molar-refractivity contribution is -0.138. The molecule has 0 aliphatic carbocycles. The number of nitrogens with one attached hydrogen (secondary N) is 1. The molecule has 0 saturated heterocycles. The van der Waals surface area contributed by atoms with E-state index in [4.69, 9.17) is 10.2 Å². The van der Waals surface area contributed by atoms with Gasteiger partial charge in [0.2, 0.25) is 0 Å². The zero-order chi connectivity index (χ0) is 14.6. The van der Waals surface area contributed by atoms with Crippen LogP contribution in [0.4, 0.5) is 13.2 Å². The SMILES string of the molecule is O=C(NCC(O)CO)c1ccc(Br)cc1C(F)(F)F. The van der Waals surface area contributed by atoms with Crippen molar-refractivity contribution in [3.05, 3.63) is 33.8 Å². The van der Waals surface area contributed by atoms with Gasteiger partial charge in [-0.1, -0.05) is 15.9 Å². The fourth-order valence-electron chi connectivity index (χ4n) is 1.32. The molecule has 3 N–H and O–H groups in total. The van der Waals surface area contributed by atoms with Gasteiger partial charge in [-0.05, 0) is 18.2 Å². The van der Waals surface area contributed by atoms with E-state index in [9.17, 15) is 18.0 Å². The number of aliphatic hydroxyl groups excluding tert-OH is 2. The van der Waals surface area contributed by atoms with Gasteiger partial charge in [-0.25, -0.2) is 0 Å². The number of halogens is 4. The third kappa shape index (κ3) is 4.48. The van der Waals surface area contributed by atoms with Crippen molar-refractivity contribution < 1.29 is 28.2 Å². The van der Waals surface area contributed by atoms with Crippen LogP contribution >= 0.6 is 15.9 Å². The van der Waals surface area contributed by atoms with Gasteiger partial charge >= 0.3 is 6.18 Å². The quantitative estimate of drug-likeness (QED) is 0.778. The summed E-state index contributed by atoms with van der Waals surface area (Å²) < 4.78 is 38.5. The maximum Gasteiger partial charge on any atom is 0.417 e. The first-order valence-corrected chi connectivity index (χ1v) is 5.99. The number of hydrogen-bond donors (Lipinski definition) is 3. The lowest BCUT2D eigenvalue weighted by Gasteiger charge is -2.14. The van der Waals surface area contributed by atoms with E-state index >= 15 is 0 Å². The second kappa shape index (κ2) is 6.36. The molecule has 0 aromatic heterocycles. The molecule has 0 bridgehead atoms. The Morgan fingerprint density at radius 3 is 2.58 bits per heavy atom. The summed E-state index contributed by atoms with van der Waals surface area (Å²) in [6.07, 6.45) is -5.87. The Bertz CT molecular complexity index is 465. The van der Waals surface area contributed by atoms with Gasteiger partial charge in [-0.3, -0.25) is 4.79 Å². The number of hydrogen-bond acceptors (Lipinski definition) is 3. The van der Waals surface area contributed by atoms with Gasteiger partial charge in [0.25, 0.3) is 5.91 Å². The monoisotopic (exact) mass is 341 g/mol. The van der Waals surface area contributed by atoms with E-state index in [1.54, 1.807) is 0 Å². The fraction of sp³-hybridized carbons (Fsp3) is 0.364. The second-order valence-electron chi connectivity index (χ2n) is 3.73. The lowest BCUT2D eigenvalue weighted by Crippen LogP contribution is -2.34. The number of amides is 1. The first-order chi connectivity index (χ1) is 8.75. The summed E-state index contributed by atoms with van der Waals surface area (Å²) >= 11 is 2.91. The predicted molar refractivity (Wildman–Crippen MR) is 64.6 cm³/mol. The van der Waals surface area contributed by atoms with E-state index in [2.05, 4.69) is 21.2 Å². The van der Waals surface area contributed by atoms with Crippen LogP contribution in [0, 0.1) is 0 Å². The van der Waals surface area contributed by atoms with Gasteiger partial charge in [-0.2, -0.15) is 13.2 Å². The summed E-state index contributed by atoms with van der Waals surface area (Å²) in [6, 6.07) is 3.15. The molecule has 8 heteroatoms. The third-order valence-corrected chi connectivity index (χ3v) is 2.73. The van der Waals surface area contributed by atoms with Crippen molar-refractivity contribution in [3.8, 4) is 0 Å². The zero-order valence-corrected chi connectivity index (χ0v) is 11.1. The predicted octanol–water partition coefficient (Wildman–Crippen LogP) is 1.55. The molecule has 0 aliphatic heterocycles. The van der Waals surface area contributed by atoms with Gasteiger partial charge in [0, 0.05) is 11.0 Å². The molecular weight excluding hydrogens is 331 g/mol. The molecule has 1 aromatic carbocycles. The molecule has 1 unspecified atom stereocenters. The van der Waals surface area contributed by atoms with E-state index in [1.807, 2.05) is 0 Å². The highest BCUT2D eigenvalue weighted by Crippen LogP contribution is 2.33. The molecule has 4 nitrogen and oxygen atoms in total. The van der Waals surface area contributed by atoms with Crippen molar-refractivity contribution in [3.63, 3.8) is 0 Å². The second-order valence-corrected chi connectivity index (χ2v) is 4.65. The number of carbonyl (C=O) groups excluding carboxylic acids is 1. The summed E-state index contributed by atoms with van der Waals surface area (Å²) in [6.45, 7) is -0.921. The molecule has 106 valence electrons. The first-order valence-electron chi connectivity index (χ1n) is 5.19. The van der Waals surface area contributed by atoms with Crippen LogP contribution in [0.5, 0.6) is 0 Å². The number of aliphatic hydroxyl groups is 2. The Hall–Kier alpha value is -1.12. The number of alkyl halides is 3. The van der Waals surface area contributed by atoms with Crippen molar-refractivity contribution in [2.24, 2.45) is 0 Å². The van der Waals surface area contributed by atoms with E-state index in [-0.39, 0.29) is 11.0 Å². The minimum atomic E-state index is -4.66. The standard InChI is InChI=1S/C11H11BrF3NO3/c12-6-1-2-8(9(3-6)11(13,14)15)10(19)16-4-7(18)5-17/h1-3,7,17-18H,4-5H2,(H,16,19). The average Bonchev–Trinajstić information content (AvgIpc) is 2.34. The van der Waals surface area contributed by atoms with Crippen LogP contribution in [0.25, 0.3) is 0 Å². The Morgan fingerprint density at radius 1 is 1.42 bits per heavy atom. The highest BCUT2D eigenvalue weighted by Gasteiger charge is 2.35. The Kier molecular flexibility index (Phi) is 5.33. The van der Waals surface area contributed by atoms with Gasteiger partial charge in [0.1, 0.15) is 0 Å². The van der Waals surface area contributed by atoms with Crippen LogP contribution in [-0.2, 0) is 6.18 Å². The van der Waals surface area contributed by atoms with E-state index in [0.29, 0.717) is 0 Å². The van der Waals surface area contributed by atoms with Crippen LogP contribution in [0.3, 0.4) is 0 Å². The Balaban J connectivity index is 2.97. The zero-order valence-electron chi connectivity index (χ0n) is 9.54. The molecule has 0 heterocycles. The molecule has 1 atom stereocenters. The number of benzene rings is 1. The molecule has 0 fully saturated rings. The van der Waals surface area contributed by atoms with Crippen LogP contribution in [0.2, 0.25) is 0 Å². The summed E-state index contributed by atoms with van der Waals surface area (Å²) in [5, 5.41) is 19.7. The van der Waals surface area contributed by atoms with Crippen molar-refractivity contribution >= 4 is 21.8 Å². The third-order valence-electron chi connectivity index (χ3n) is 2.24. The van der Waals surface area contributed by atoms with Crippen LogP contribution in [0.1, 0.15) is 15.9 Å². The van der Waals surface area contributed by atoms with E-state index < -0.39 is 35.9 Å². The molecule has 1 amide bonds. The molecule has 0 saturated carbocycles. The molecular formula is C11H11BrF3NO3. The maximum atomic E-state index is 12.8. The Labute approximate surface area is 115 Å². The van der Waals surface area contributed by atoms with Crippen molar-refractivity contribution in [1.29, 1.82) is 0 Å². The smallest absolute Gasteiger partial charge is 0.394 e. The summed E-state index contributed by atoms with van der Waals surface area (Å²) in [5.74, 6) is -0.965. The van der Waals surface area contributed by atoms with E-state index in [0.717, 1.165) is 12.1 Å². The average molecular weight is 342 g/mol. The highest BCUT2D eigenvalue weighted by atomic mass is 79.9. The summed E-state index contributed by atoms with van der Waals surface area (Å²) in [7, 11) is 0. The largest absolute Gasteiger partial charge is 0.417 e.